The molecule has 3 rings (SSSR count). The minimum atomic E-state index is -4.42. The van der Waals surface area contributed by atoms with E-state index in [-0.39, 0.29) is 18.0 Å². The molecular formula is C15H16F3N3O2. The van der Waals surface area contributed by atoms with Gasteiger partial charge in [-0.1, -0.05) is 0 Å². The molecule has 0 radical (unpaired) electrons. The Morgan fingerprint density at radius 3 is 2.83 bits per heavy atom. The van der Waals surface area contributed by atoms with Crippen molar-refractivity contribution in [2.24, 2.45) is 0 Å². The van der Waals surface area contributed by atoms with E-state index in [1.165, 1.54) is 6.07 Å². The molecule has 1 aliphatic rings. The highest BCUT2D eigenvalue weighted by molar-refractivity contribution is 5.86. The fourth-order valence-electron chi connectivity index (χ4n) is 2.60. The molecule has 1 aromatic heterocycles. The molecule has 0 aliphatic carbocycles. The van der Waals surface area contributed by atoms with Gasteiger partial charge in [-0.25, -0.2) is 4.98 Å². The molecule has 5 nitrogen and oxygen atoms in total. The second kappa shape index (κ2) is 5.23. The van der Waals surface area contributed by atoms with Crippen LogP contribution in [0.1, 0.15) is 25.3 Å². The number of hydrogen-bond acceptors (Lipinski definition) is 4. The predicted molar refractivity (Wildman–Crippen MR) is 76.5 cm³/mol. The van der Waals surface area contributed by atoms with Crippen molar-refractivity contribution in [3.8, 4) is 0 Å². The Morgan fingerprint density at radius 2 is 2.13 bits per heavy atom. The number of benzene rings is 1. The van der Waals surface area contributed by atoms with E-state index < -0.39 is 17.3 Å². The quantitative estimate of drug-likeness (QED) is 0.921. The Labute approximate surface area is 130 Å². The van der Waals surface area contributed by atoms with Crippen molar-refractivity contribution in [1.82, 2.24) is 15.2 Å². The van der Waals surface area contributed by atoms with Gasteiger partial charge in [-0.15, -0.1) is 0 Å². The van der Waals surface area contributed by atoms with Crippen LogP contribution >= 0.6 is 0 Å². The van der Waals surface area contributed by atoms with E-state index in [0.717, 1.165) is 12.1 Å². The van der Waals surface area contributed by atoms with Crippen molar-refractivity contribution in [3.05, 3.63) is 29.7 Å². The van der Waals surface area contributed by atoms with Gasteiger partial charge in [0.05, 0.1) is 17.6 Å². The number of piperazine rings is 1. The largest absolute Gasteiger partial charge is 0.439 e. The van der Waals surface area contributed by atoms with Gasteiger partial charge in [-0.2, -0.15) is 13.2 Å². The zero-order valence-corrected chi connectivity index (χ0v) is 12.7. The third-order valence-electron chi connectivity index (χ3n) is 4.10. The lowest BCUT2D eigenvalue weighted by atomic mass is 9.99. The number of nitrogens with one attached hydrogen (secondary N) is 1. The van der Waals surface area contributed by atoms with Crippen molar-refractivity contribution in [2.45, 2.75) is 32.1 Å². The van der Waals surface area contributed by atoms with Gasteiger partial charge in [0.2, 0.25) is 11.8 Å². The monoisotopic (exact) mass is 327 g/mol. The predicted octanol–water partition coefficient (Wildman–Crippen LogP) is 2.56. The minimum absolute atomic E-state index is 0.0979. The second-order valence-electron chi connectivity index (χ2n) is 6.02. The van der Waals surface area contributed by atoms with Gasteiger partial charge in [-0.3, -0.25) is 9.69 Å². The van der Waals surface area contributed by atoms with Gasteiger partial charge in [0, 0.05) is 13.1 Å². The third kappa shape index (κ3) is 2.90. The lowest BCUT2D eigenvalue weighted by Gasteiger charge is -2.40. The summed E-state index contributed by atoms with van der Waals surface area (Å²) in [5, 5.41) is 2.78. The zero-order chi connectivity index (χ0) is 16.8. The van der Waals surface area contributed by atoms with Crippen LogP contribution in [0.2, 0.25) is 0 Å². The summed E-state index contributed by atoms with van der Waals surface area (Å²) in [6.07, 6.45) is -4.42. The zero-order valence-electron chi connectivity index (χ0n) is 12.7. The van der Waals surface area contributed by atoms with E-state index in [2.05, 4.69) is 10.3 Å². The Bertz CT molecular complexity index is 752. The first kappa shape index (κ1) is 15.8. The highest BCUT2D eigenvalue weighted by Crippen LogP contribution is 2.31. The maximum atomic E-state index is 12.7. The van der Waals surface area contributed by atoms with Gasteiger partial charge in [0.15, 0.2) is 5.58 Å². The molecule has 0 bridgehead atoms. The summed E-state index contributed by atoms with van der Waals surface area (Å²) in [5.41, 5.74) is -1.03. The van der Waals surface area contributed by atoms with E-state index in [9.17, 15) is 18.0 Å². The van der Waals surface area contributed by atoms with Crippen molar-refractivity contribution in [3.63, 3.8) is 0 Å². The van der Waals surface area contributed by atoms with Crippen LogP contribution in [-0.2, 0) is 17.5 Å². The molecule has 1 aliphatic heterocycles. The third-order valence-corrected chi connectivity index (χ3v) is 4.10. The molecule has 0 atom stereocenters. The number of oxazole rings is 1. The maximum absolute atomic E-state index is 12.7. The van der Waals surface area contributed by atoms with Crippen LogP contribution in [0.5, 0.6) is 0 Å². The molecule has 0 spiro atoms. The number of carbonyl (C=O) groups is 1. The molecule has 2 aromatic rings. The number of aromatic nitrogens is 1. The molecule has 2 heterocycles. The van der Waals surface area contributed by atoms with Gasteiger partial charge < -0.3 is 9.73 Å². The van der Waals surface area contributed by atoms with Crippen LogP contribution in [0.15, 0.2) is 22.6 Å². The van der Waals surface area contributed by atoms with Crippen LogP contribution < -0.4 is 5.32 Å². The molecule has 124 valence electrons. The van der Waals surface area contributed by atoms with E-state index in [4.69, 9.17) is 4.42 Å². The number of amides is 1. The van der Waals surface area contributed by atoms with Crippen LogP contribution in [-0.4, -0.2) is 34.4 Å². The van der Waals surface area contributed by atoms with Crippen molar-refractivity contribution in [1.29, 1.82) is 0 Å². The number of fused-ring (bicyclic) bond motifs is 1. The Balaban J connectivity index is 1.88. The molecule has 1 fully saturated rings. The smallest absolute Gasteiger partial charge is 0.416 e. The van der Waals surface area contributed by atoms with Crippen LogP contribution in [0.25, 0.3) is 11.1 Å². The van der Waals surface area contributed by atoms with E-state index in [0.29, 0.717) is 24.6 Å². The Kier molecular flexibility index (Phi) is 3.59. The van der Waals surface area contributed by atoms with Crippen molar-refractivity contribution < 1.29 is 22.4 Å². The van der Waals surface area contributed by atoms with E-state index >= 15 is 0 Å². The summed E-state index contributed by atoms with van der Waals surface area (Å²) in [6.45, 7) is 4.96. The lowest BCUT2D eigenvalue weighted by molar-refractivity contribution is -0.137. The normalized spacial score (nSPS) is 19.1. The SMILES string of the molecule is CC1(C)C(=O)NCCN1Cc1nc2cc(C(F)(F)F)ccc2o1. The van der Waals surface area contributed by atoms with E-state index in [1.807, 2.05) is 4.90 Å². The summed E-state index contributed by atoms with van der Waals surface area (Å²) in [4.78, 5) is 17.9. The number of rotatable bonds is 2. The number of hydrogen-bond donors (Lipinski definition) is 1. The number of halogens is 3. The lowest BCUT2D eigenvalue weighted by Crippen LogP contribution is -2.61. The molecule has 0 saturated carbocycles. The second-order valence-corrected chi connectivity index (χ2v) is 6.02. The number of carbonyl (C=O) groups excluding carboxylic acids is 1. The Hall–Kier alpha value is -2.09. The van der Waals surface area contributed by atoms with Gasteiger partial charge >= 0.3 is 6.18 Å². The fraction of sp³-hybridized carbons (Fsp3) is 0.467. The first-order valence-electron chi connectivity index (χ1n) is 7.18. The first-order chi connectivity index (χ1) is 10.7. The molecule has 0 unspecified atom stereocenters. The highest BCUT2D eigenvalue weighted by Gasteiger charge is 2.38. The standard InChI is InChI=1S/C15H16F3N3O2/c1-14(2)13(22)19-5-6-21(14)8-12-20-10-7-9(15(16,17)18)3-4-11(10)23-12/h3-4,7H,5-6,8H2,1-2H3,(H,19,22). The average molecular weight is 327 g/mol. The number of nitrogens with zero attached hydrogens (tertiary/aromatic N) is 2. The molecule has 8 heteroatoms. The summed E-state index contributed by atoms with van der Waals surface area (Å²) < 4.78 is 43.7. The first-order valence-corrected chi connectivity index (χ1v) is 7.18. The van der Waals surface area contributed by atoms with Gasteiger partial charge in [0.1, 0.15) is 5.52 Å². The van der Waals surface area contributed by atoms with Crippen LogP contribution in [0.3, 0.4) is 0 Å². The van der Waals surface area contributed by atoms with Crippen molar-refractivity contribution in [2.75, 3.05) is 13.1 Å². The Morgan fingerprint density at radius 1 is 1.39 bits per heavy atom. The molecular weight excluding hydrogens is 311 g/mol. The summed E-state index contributed by atoms with van der Waals surface area (Å²) in [5.74, 6) is 0.196. The van der Waals surface area contributed by atoms with Crippen LogP contribution in [0, 0.1) is 0 Å². The molecule has 1 aromatic carbocycles. The molecule has 1 N–H and O–H groups in total. The van der Waals surface area contributed by atoms with E-state index in [1.54, 1.807) is 13.8 Å². The minimum Gasteiger partial charge on any atom is -0.439 e. The molecule has 1 saturated heterocycles. The summed E-state index contributed by atoms with van der Waals surface area (Å²) in [7, 11) is 0. The fourth-order valence-corrected chi connectivity index (χ4v) is 2.60. The highest BCUT2D eigenvalue weighted by atomic mass is 19.4. The summed E-state index contributed by atoms with van der Waals surface area (Å²) >= 11 is 0. The van der Waals surface area contributed by atoms with Crippen LogP contribution in [0.4, 0.5) is 13.2 Å². The molecule has 23 heavy (non-hydrogen) atoms. The summed E-state index contributed by atoms with van der Waals surface area (Å²) in [6, 6.07) is 3.20. The van der Waals surface area contributed by atoms with Crippen molar-refractivity contribution >= 4 is 17.0 Å². The average Bonchev–Trinajstić information content (AvgIpc) is 2.85. The van der Waals surface area contributed by atoms with Gasteiger partial charge in [0.25, 0.3) is 0 Å². The number of alkyl halides is 3. The molecule has 1 amide bonds. The maximum Gasteiger partial charge on any atom is 0.416 e. The topological polar surface area (TPSA) is 58.4 Å². The van der Waals surface area contributed by atoms with Gasteiger partial charge in [-0.05, 0) is 32.0 Å².